The molecule has 109 valence electrons. The van der Waals surface area contributed by atoms with E-state index in [-0.39, 0.29) is 0 Å². The van der Waals surface area contributed by atoms with Crippen molar-refractivity contribution in [1.82, 2.24) is 0 Å². The summed E-state index contributed by atoms with van der Waals surface area (Å²) in [6, 6.07) is 0. The van der Waals surface area contributed by atoms with Gasteiger partial charge >= 0.3 is 0 Å². The normalized spacial score (nSPS) is 11.0. The van der Waals surface area contributed by atoms with Crippen LogP contribution in [0.2, 0.25) is 0 Å². The minimum Gasteiger partial charge on any atom is -0.0654 e. The minimum absolute atomic E-state index is 1.25. The van der Waals surface area contributed by atoms with Gasteiger partial charge in [0, 0.05) is 0 Å². The summed E-state index contributed by atoms with van der Waals surface area (Å²) in [6.45, 7) is 4.53. The van der Waals surface area contributed by atoms with Crippen molar-refractivity contribution in [3.05, 3.63) is 6.42 Å². The maximum atomic E-state index is 2.42. The monoisotopic (exact) mass is 253 g/mol. The summed E-state index contributed by atoms with van der Waals surface area (Å²) in [5, 5.41) is 0. The number of hydrogen-bond acceptors (Lipinski definition) is 0. The molecule has 0 saturated carbocycles. The molecule has 1 radical (unpaired) electrons. The molecule has 0 unspecified atom stereocenters. The largest absolute Gasteiger partial charge is 0.0654 e. The highest BCUT2D eigenvalue weighted by atomic mass is 14.0. The van der Waals surface area contributed by atoms with Crippen LogP contribution in [0.15, 0.2) is 0 Å². The summed E-state index contributed by atoms with van der Waals surface area (Å²) in [5.41, 5.74) is 0. The Kier molecular flexibility index (Phi) is 17.0. The summed E-state index contributed by atoms with van der Waals surface area (Å²) >= 11 is 0. The van der Waals surface area contributed by atoms with Crippen molar-refractivity contribution in [2.45, 2.75) is 110 Å². The zero-order chi connectivity index (χ0) is 13.3. The fraction of sp³-hybridized carbons (Fsp3) is 0.944. The predicted molar refractivity (Wildman–Crippen MR) is 84.9 cm³/mol. The molecule has 0 aliphatic heterocycles. The lowest BCUT2D eigenvalue weighted by molar-refractivity contribution is 0.538. The van der Waals surface area contributed by atoms with E-state index >= 15 is 0 Å². The van der Waals surface area contributed by atoms with Gasteiger partial charge in [-0.3, -0.25) is 0 Å². The molecule has 0 bridgehead atoms. The van der Waals surface area contributed by atoms with Gasteiger partial charge in [0.05, 0.1) is 0 Å². The Morgan fingerprint density at radius 1 is 0.500 bits per heavy atom. The van der Waals surface area contributed by atoms with Crippen LogP contribution < -0.4 is 0 Å². The standard InChI is InChI=1S/C18H37/c1-3-5-7-9-11-13-15-17-18-16-14-12-10-8-6-4-2/h5H,3-4,6-18H2,1-2H3. The Hall–Kier alpha value is 0. The van der Waals surface area contributed by atoms with E-state index in [0.717, 1.165) is 0 Å². The number of rotatable bonds is 15. The first-order chi connectivity index (χ1) is 8.91. The van der Waals surface area contributed by atoms with E-state index in [1.54, 1.807) is 0 Å². The van der Waals surface area contributed by atoms with Crippen molar-refractivity contribution in [1.29, 1.82) is 0 Å². The van der Waals surface area contributed by atoms with Gasteiger partial charge in [-0.15, -0.1) is 0 Å². The lowest BCUT2D eigenvalue weighted by atomic mass is 10.0. The van der Waals surface area contributed by atoms with Crippen LogP contribution in [0.4, 0.5) is 0 Å². The summed E-state index contributed by atoms with van der Waals surface area (Å²) < 4.78 is 0. The van der Waals surface area contributed by atoms with E-state index in [1.807, 2.05) is 0 Å². The lowest BCUT2D eigenvalue weighted by Crippen LogP contribution is -1.83. The molecule has 0 aliphatic rings. The summed E-state index contributed by atoms with van der Waals surface area (Å²) in [7, 11) is 0. The SMILES string of the molecule is CC[CH]CCCCCCCCCCCCCCC. The number of hydrogen-bond donors (Lipinski definition) is 0. The highest BCUT2D eigenvalue weighted by Crippen LogP contribution is 2.13. The van der Waals surface area contributed by atoms with Crippen molar-refractivity contribution in [3.63, 3.8) is 0 Å². The molecule has 0 heteroatoms. The van der Waals surface area contributed by atoms with Gasteiger partial charge in [0.1, 0.15) is 0 Å². The molecule has 0 N–H and O–H groups in total. The summed E-state index contributed by atoms with van der Waals surface area (Å²) in [4.78, 5) is 0. The van der Waals surface area contributed by atoms with Crippen molar-refractivity contribution in [2.24, 2.45) is 0 Å². The molecule has 0 nitrogen and oxygen atoms in total. The van der Waals surface area contributed by atoms with Crippen molar-refractivity contribution in [2.75, 3.05) is 0 Å². The molecule has 0 aliphatic carbocycles. The zero-order valence-corrected chi connectivity index (χ0v) is 13.2. The van der Waals surface area contributed by atoms with Gasteiger partial charge < -0.3 is 0 Å². The molecule has 18 heavy (non-hydrogen) atoms. The fourth-order valence-electron chi connectivity index (χ4n) is 2.51. The molecule has 0 saturated heterocycles. The van der Waals surface area contributed by atoms with Crippen molar-refractivity contribution < 1.29 is 0 Å². The van der Waals surface area contributed by atoms with Crippen LogP contribution in [-0.4, -0.2) is 0 Å². The van der Waals surface area contributed by atoms with E-state index in [9.17, 15) is 0 Å². The second kappa shape index (κ2) is 17.0. The average Bonchev–Trinajstić information content (AvgIpc) is 2.39. The van der Waals surface area contributed by atoms with E-state index in [4.69, 9.17) is 0 Å². The Morgan fingerprint density at radius 3 is 1.28 bits per heavy atom. The van der Waals surface area contributed by atoms with Gasteiger partial charge in [0.25, 0.3) is 0 Å². The van der Waals surface area contributed by atoms with E-state index in [2.05, 4.69) is 20.3 Å². The lowest BCUT2D eigenvalue weighted by Gasteiger charge is -2.02. The minimum atomic E-state index is 1.25. The van der Waals surface area contributed by atoms with Crippen LogP contribution in [0.1, 0.15) is 110 Å². The fourth-order valence-corrected chi connectivity index (χ4v) is 2.51. The molecule has 0 aromatic carbocycles. The van der Waals surface area contributed by atoms with Crippen LogP contribution >= 0.6 is 0 Å². The zero-order valence-electron chi connectivity index (χ0n) is 13.2. The molecular formula is C18H37. The molecule has 0 heterocycles. The van der Waals surface area contributed by atoms with Gasteiger partial charge in [0.2, 0.25) is 0 Å². The van der Waals surface area contributed by atoms with Gasteiger partial charge in [-0.05, 0) is 6.42 Å². The van der Waals surface area contributed by atoms with E-state index in [1.165, 1.54) is 96.3 Å². The smallest absolute Gasteiger partial charge is 0.0389 e. The highest BCUT2D eigenvalue weighted by molar-refractivity contribution is 4.60. The Bertz CT molecular complexity index is 112. The summed E-state index contributed by atoms with van der Waals surface area (Å²) in [5.74, 6) is 0. The maximum absolute atomic E-state index is 2.42. The van der Waals surface area contributed by atoms with Crippen molar-refractivity contribution >= 4 is 0 Å². The average molecular weight is 253 g/mol. The molecule has 0 rings (SSSR count). The molecule has 0 aromatic rings. The third kappa shape index (κ3) is 16.0. The molecule has 0 atom stereocenters. The van der Waals surface area contributed by atoms with Crippen LogP contribution in [0.25, 0.3) is 0 Å². The van der Waals surface area contributed by atoms with Gasteiger partial charge in [-0.2, -0.15) is 0 Å². The Labute approximate surface area is 117 Å². The molecule has 0 spiro atoms. The topological polar surface area (TPSA) is 0 Å². The third-order valence-electron chi connectivity index (χ3n) is 3.80. The van der Waals surface area contributed by atoms with E-state index < -0.39 is 0 Å². The second-order valence-corrected chi connectivity index (χ2v) is 5.73. The van der Waals surface area contributed by atoms with Gasteiger partial charge in [0.15, 0.2) is 0 Å². The molecule has 0 amide bonds. The third-order valence-corrected chi connectivity index (χ3v) is 3.80. The highest BCUT2D eigenvalue weighted by Gasteiger charge is 1.93. The van der Waals surface area contributed by atoms with E-state index in [0.29, 0.717) is 0 Å². The quantitative estimate of drug-likeness (QED) is 0.273. The van der Waals surface area contributed by atoms with Crippen LogP contribution in [-0.2, 0) is 0 Å². The molecule has 0 aromatic heterocycles. The Balaban J connectivity index is 2.86. The second-order valence-electron chi connectivity index (χ2n) is 5.73. The Morgan fingerprint density at radius 2 is 0.889 bits per heavy atom. The number of unbranched alkanes of at least 4 members (excludes halogenated alkanes) is 15. The first kappa shape index (κ1) is 18.0. The maximum Gasteiger partial charge on any atom is -0.0389 e. The van der Waals surface area contributed by atoms with Crippen LogP contribution in [0.5, 0.6) is 0 Å². The van der Waals surface area contributed by atoms with Crippen molar-refractivity contribution in [3.8, 4) is 0 Å². The van der Waals surface area contributed by atoms with Crippen LogP contribution in [0.3, 0.4) is 0 Å². The van der Waals surface area contributed by atoms with Gasteiger partial charge in [-0.25, -0.2) is 0 Å². The van der Waals surface area contributed by atoms with Crippen LogP contribution in [0, 0.1) is 6.42 Å². The summed E-state index contributed by atoms with van der Waals surface area (Å²) in [6.07, 6.45) is 24.0. The molecular weight excluding hydrogens is 216 g/mol. The molecule has 0 fully saturated rings. The first-order valence-electron chi connectivity index (χ1n) is 8.73. The predicted octanol–water partition coefficient (Wildman–Crippen LogP) is 7.08. The first-order valence-corrected chi connectivity index (χ1v) is 8.73. The van der Waals surface area contributed by atoms with Gasteiger partial charge in [-0.1, -0.05) is 110 Å².